The van der Waals surface area contributed by atoms with Crippen LogP contribution in [0.15, 0.2) is 67.0 Å². The Labute approximate surface area is 186 Å². The number of hydrogen-bond donors (Lipinski definition) is 1. The van der Waals surface area contributed by atoms with Crippen molar-refractivity contribution in [2.75, 3.05) is 20.3 Å². The maximum Gasteiger partial charge on any atom is 0.244 e. The highest BCUT2D eigenvalue weighted by Crippen LogP contribution is 2.24. The van der Waals surface area contributed by atoms with Crippen molar-refractivity contribution in [3.63, 3.8) is 0 Å². The second kappa shape index (κ2) is 15.0. The molecule has 0 radical (unpaired) electrons. The predicted octanol–water partition coefficient (Wildman–Crippen LogP) is 5.33. The molecule has 2 rings (SSSR count). The Morgan fingerprint density at radius 1 is 1.13 bits per heavy atom. The maximum atomic E-state index is 12.1. The number of aromatic nitrogens is 1. The molecule has 1 aromatic carbocycles. The Kier molecular flexibility index (Phi) is 11.8. The summed E-state index contributed by atoms with van der Waals surface area (Å²) in [4.78, 5) is 16.1. The van der Waals surface area contributed by atoms with Gasteiger partial charge in [0.2, 0.25) is 5.91 Å². The maximum absolute atomic E-state index is 12.1. The van der Waals surface area contributed by atoms with Gasteiger partial charge in [0, 0.05) is 25.0 Å². The molecule has 0 aliphatic carbocycles. The third-order valence-corrected chi connectivity index (χ3v) is 4.84. The SMILES string of the molecule is CCCCCCC(=CC=CC(=O)NCCOCc1cccnc1)c1ccc(OC)cc1. The summed E-state index contributed by atoms with van der Waals surface area (Å²) in [5.74, 6) is 0.719. The van der Waals surface area contributed by atoms with Crippen molar-refractivity contribution < 1.29 is 14.3 Å². The first-order chi connectivity index (χ1) is 15.2. The monoisotopic (exact) mass is 422 g/mol. The minimum atomic E-state index is -0.124. The molecule has 0 saturated carbocycles. The molecule has 0 unspecified atom stereocenters. The van der Waals surface area contributed by atoms with E-state index in [0.717, 1.165) is 29.7 Å². The number of nitrogens with one attached hydrogen (secondary N) is 1. The number of benzene rings is 1. The molecule has 0 fully saturated rings. The molecule has 0 saturated heterocycles. The summed E-state index contributed by atoms with van der Waals surface area (Å²) >= 11 is 0. The minimum absolute atomic E-state index is 0.124. The van der Waals surface area contributed by atoms with Crippen LogP contribution >= 0.6 is 0 Å². The van der Waals surface area contributed by atoms with Gasteiger partial charge in [-0.3, -0.25) is 9.78 Å². The van der Waals surface area contributed by atoms with Gasteiger partial charge in [-0.25, -0.2) is 0 Å². The average Bonchev–Trinajstić information content (AvgIpc) is 2.81. The zero-order valence-electron chi connectivity index (χ0n) is 18.7. The molecule has 1 aromatic heterocycles. The van der Waals surface area contributed by atoms with Gasteiger partial charge in [0.1, 0.15) is 5.75 Å². The standard InChI is InChI=1S/C26H34N2O3/c1-3-4-5-6-10-23(24-13-15-25(30-2)16-14-24)11-7-12-26(29)28-18-19-31-21-22-9-8-17-27-20-22/h7-9,11-17,20H,3-6,10,18-19,21H2,1-2H3,(H,28,29). The number of unbranched alkanes of at least 4 members (excludes halogenated alkanes) is 3. The molecular formula is C26H34N2O3. The summed E-state index contributed by atoms with van der Waals surface area (Å²) in [6.45, 7) is 3.63. The lowest BCUT2D eigenvalue weighted by molar-refractivity contribution is -0.116. The van der Waals surface area contributed by atoms with E-state index in [1.54, 1.807) is 25.6 Å². The third-order valence-electron chi connectivity index (χ3n) is 4.84. The van der Waals surface area contributed by atoms with Crippen LogP contribution in [-0.4, -0.2) is 31.2 Å². The highest BCUT2D eigenvalue weighted by molar-refractivity contribution is 5.88. The fourth-order valence-electron chi connectivity index (χ4n) is 3.10. The number of allylic oxidation sites excluding steroid dienone is 3. The molecule has 1 heterocycles. The van der Waals surface area contributed by atoms with Crippen LogP contribution in [0.25, 0.3) is 5.57 Å². The van der Waals surface area contributed by atoms with E-state index in [2.05, 4.69) is 29.4 Å². The molecular weight excluding hydrogens is 388 g/mol. The fraction of sp³-hybridized carbons (Fsp3) is 0.385. The molecule has 0 spiro atoms. The van der Waals surface area contributed by atoms with Gasteiger partial charge in [-0.1, -0.05) is 56.5 Å². The summed E-state index contributed by atoms with van der Waals surface area (Å²) in [7, 11) is 1.67. The predicted molar refractivity (Wildman–Crippen MR) is 126 cm³/mol. The molecule has 0 aliphatic heterocycles. The average molecular weight is 423 g/mol. The molecule has 1 N–H and O–H groups in total. The van der Waals surface area contributed by atoms with E-state index in [1.807, 2.05) is 36.4 Å². The van der Waals surface area contributed by atoms with Crippen LogP contribution in [-0.2, 0) is 16.1 Å². The van der Waals surface area contributed by atoms with Crippen LogP contribution in [0.4, 0.5) is 0 Å². The minimum Gasteiger partial charge on any atom is -0.497 e. The largest absolute Gasteiger partial charge is 0.497 e. The van der Waals surface area contributed by atoms with Gasteiger partial charge in [0.05, 0.1) is 20.3 Å². The molecule has 2 aromatic rings. The van der Waals surface area contributed by atoms with E-state index in [4.69, 9.17) is 9.47 Å². The quantitative estimate of drug-likeness (QED) is 0.254. The smallest absolute Gasteiger partial charge is 0.244 e. The van der Waals surface area contributed by atoms with Crippen molar-refractivity contribution in [3.8, 4) is 5.75 Å². The summed E-state index contributed by atoms with van der Waals surface area (Å²) in [5.41, 5.74) is 3.40. The van der Waals surface area contributed by atoms with E-state index < -0.39 is 0 Å². The first-order valence-electron chi connectivity index (χ1n) is 11.0. The van der Waals surface area contributed by atoms with Gasteiger partial charge < -0.3 is 14.8 Å². The number of ether oxygens (including phenoxy) is 2. The Bertz CT molecular complexity index is 814. The second-order valence-electron chi connectivity index (χ2n) is 7.30. The van der Waals surface area contributed by atoms with Crippen molar-refractivity contribution in [1.82, 2.24) is 10.3 Å². The van der Waals surface area contributed by atoms with Crippen LogP contribution < -0.4 is 10.1 Å². The van der Waals surface area contributed by atoms with Gasteiger partial charge in [0.15, 0.2) is 0 Å². The normalized spacial score (nSPS) is 11.6. The zero-order valence-corrected chi connectivity index (χ0v) is 18.7. The molecule has 5 heteroatoms. The molecule has 0 atom stereocenters. The fourth-order valence-corrected chi connectivity index (χ4v) is 3.10. The number of carbonyl (C=O) groups is 1. The van der Waals surface area contributed by atoms with Crippen molar-refractivity contribution in [2.45, 2.75) is 45.6 Å². The topological polar surface area (TPSA) is 60.5 Å². The van der Waals surface area contributed by atoms with E-state index in [-0.39, 0.29) is 5.91 Å². The number of rotatable bonds is 14. The van der Waals surface area contributed by atoms with Crippen LogP contribution in [0, 0.1) is 0 Å². The summed E-state index contributed by atoms with van der Waals surface area (Å²) in [6, 6.07) is 11.9. The Hall–Kier alpha value is -2.92. The van der Waals surface area contributed by atoms with Crippen molar-refractivity contribution in [3.05, 3.63) is 78.1 Å². The zero-order chi connectivity index (χ0) is 22.2. The summed E-state index contributed by atoms with van der Waals surface area (Å²) < 4.78 is 10.8. The number of pyridine rings is 1. The Morgan fingerprint density at radius 2 is 1.97 bits per heavy atom. The number of nitrogens with zero attached hydrogens (tertiary/aromatic N) is 1. The van der Waals surface area contributed by atoms with E-state index in [1.165, 1.54) is 24.8 Å². The number of methoxy groups -OCH3 is 1. The molecule has 166 valence electrons. The number of hydrogen-bond acceptors (Lipinski definition) is 4. The van der Waals surface area contributed by atoms with E-state index in [9.17, 15) is 4.79 Å². The van der Waals surface area contributed by atoms with Gasteiger partial charge in [0.25, 0.3) is 0 Å². The molecule has 0 bridgehead atoms. The Balaban J connectivity index is 1.81. The van der Waals surface area contributed by atoms with E-state index in [0.29, 0.717) is 19.8 Å². The van der Waals surface area contributed by atoms with Gasteiger partial charge >= 0.3 is 0 Å². The van der Waals surface area contributed by atoms with Gasteiger partial charge in [-0.05, 0) is 47.7 Å². The van der Waals surface area contributed by atoms with Crippen molar-refractivity contribution in [1.29, 1.82) is 0 Å². The number of carbonyl (C=O) groups excluding carboxylic acids is 1. The van der Waals surface area contributed by atoms with Crippen molar-refractivity contribution >= 4 is 11.5 Å². The first-order valence-corrected chi connectivity index (χ1v) is 11.0. The van der Waals surface area contributed by atoms with Gasteiger partial charge in [-0.2, -0.15) is 0 Å². The van der Waals surface area contributed by atoms with Crippen LogP contribution in [0.1, 0.15) is 50.2 Å². The lowest BCUT2D eigenvalue weighted by atomic mass is 9.98. The van der Waals surface area contributed by atoms with Crippen LogP contribution in [0.5, 0.6) is 5.75 Å². The lowest BCUT2D eigenvalue weighted by Crippen LogP contribution is -2.25. The van der Waals surface area contributed by atoms with Crippen LogP contribution in [0.3, 0.4) is 0 Å². The van der Waals surface area contributed by atoms with E-state index >= 15 is 0 Å². The molecule has 1 amide bonds. The first kappa shape index (κ1) is 24.4. The summed E-state index contributed by atoms with van der Waals surface area (Å²) in [6.07, 6.45) is 14.7. The molecule has 0 aliphatic rings. The number of amides is 1. The van der Waals surface area contributed by atoms with Crippen molar-refractivity contribution in [2.24, 2.45) is 0 Å². The Morgan fingerprint density at radius 3 is 2.68 bits per heavy atom. The van der Waals surface area contributed by atoms with Gasteiger partial charge in [-0.15, -0.1) is 0 Å². The molecule has 31 heavy (non-hydrogen) atoms. The second-order valence-corrected chi connectivity index (χ2v) is 7.30. The third kappa shape index (κ3) is 10.1. The van der Waals surface area contributed by atoms with Crippen LogP contribution in [0.2, 0.25) is 0 Å². The lowest BCUT2D eigenvalue weighted by Gasteiger charge is -2.08. The highest BCUT2D eigenvalue weighted by Gasteiger charge is 2.02. The molecule has 5 nitrogen and oxygen atoms in total. The summed E-state index contributed by atoms with van der Waals surface area (Å²) in [5, 5.41) is 2.85. The highest BCUT2D eigenvalue weighted by atomic mass is 16.5.